The summed E-state index contributed by atoms with van der Waals surface area (Å²) in [5, 5.41) is 0.754. The summed E-state index contributed by atoms with van der Waals surface area (Å²) in [6.07, 6.45) is 0.919. The van der Waals surface area contributed by atoms with Gasteiger partial charge in [-0.2, -0.15) is 0 Å². The van der Waals surface area contributed by atoms with Crippen molar-refractivity contribution in [3.63, 3.8) is 0 Å². The van der Waals surface area contributed by atoms with E-state index in [2.05, 4.69) is 12.1 Å². The Balaban J connectivity index is 2.11. The maximum atomic E-state index is 5.91. The fourth-order valence-electron chi connectivity index (χ4n) is 2.12. The molecule has 0 fully saturated rings. The topological polar surface area (TPSA) is 35.2 Å². The second kappa shape index (κ2) is 6.60. The van der Waals surface area contributed by atoms with Gasteiger partial charge in [0, 0.05) is 10.9 Å². The molecule has 0 heterocycles. The zero-order valence-electron chi connectivity index (χ0n) is 11.0. The monoisotopic (exact) mass is 275 g/mol. The van der Waals surface area contributed by atoms with Gasteiger partial charge in [-0.25, -0.2) is 0 Å². The Morgan fingerprint density at radius 2 is 1.68 bits per heavy atom. The van der Waals surface area contributed by atoms with Gasteiger partial charge in [-0.15, -0.1) is 0 Å². The smallest absolute Gasteiger partial charge is 0.118 e. The SMILES string of the molecule is COc1ccc(CC(CN)c2ccc(Cl)cc2)cc1. The van der Waals surface area contributed by atoms with E-state index in [4.69, 9.17) is 22.1 Å². The number of ether oxygens (including phenoxy) is 1. The van der Waals surface area contributed by atoms with E-state index in [0.717, 1.165) is 17.2 Å². The molecule has 0 aliphatic rings. The molecule has 2 rings (SSSR count). The van der Waals surface area contributed by atoms with E-state index in [-0.39, 0.29) is 0 Å². The van der Waals surface area contributed by atoms with E-state index in [1.165, 1.54) is 11.1 Å². The summed E-state index contributed by atoms with van der Waals surface area (Å²) >= 11 is 5.91. The van der Waals surface area contributed by atoms with Crippen LogP contribution >= 0.6 is 11.6 Å². The fraction of sp³-hybridized carbons (Fsp3) is 0.250. The second-order valence-electron chi connectivity index (χ2n) is 4.54. The van der Waals surface area contributed by atoms with Crippen molar-refractivity contribution in [3.8, 4) is 5.75 Å². The Bertz CT molecular complexity index is 507. The largest absolute Gasteiger partial charge is 0.497 e. The summed E-state index contributed by atoms with van der Waals surface area (Å²) in [6.45, 7) is 0.619. The van der Waals surface area contributed by atoms with Gasteiger partial charge in [0.05, 0.1) is 7.11 Å². The molecule has 0 amide bonds. The van der Waals surface area contributed by atoms with Crippen LogP contribution in [0, 0.1) is 0 Å². The number of hydrogen-bond acceptors (Lipinski definition) is 2. The quantitative estimate of drug-likeness (QED) is 0.904. The number of methoxy groups -OCH3 is 1. The Hall–Kier alpha value is -1.51. The van der Waals surface area contributed by atoms with Gasteiger partial charge in [-0.3, -0.25) is 0 Å². The minimum atomic E-state index is 0.311. The molecule has 1 unspecified atom stereocenters. The molecular formula is C16H18ClNO. The normalized spacial score (nSPS) is 12.2. The third-order valence-electron chi connectivity index (χ3n) is 3.27. The maximum Gasteiger partial charge on any atom is 0.118 e. The van der Waals surface area contributed by atoms with Gasteiger partial charge in [-0.1, -0.05) is 35.9 Å². The number of halogens is 1. The number of hydrogen-bond donors (Lipinski definition) is 1. The van der Waals surface area contributed by atoms with Gasteiger partial charge in [-0.05, 0) is 48.4 Å². The van der Waals surface area contributed by atoms with Gasteiger partial charge >= 0.3 is 0 Å². The molecule has 0 aromatic heterocycles. The lowest BCUT2D eigenvalue weighted by atomic mass is 9.92. The van der Waals surface area contributed by atoms with Crippen molar-refractivity contribution in [3.05, 3.63) is 64.7 Å². The molecule has 2 aromatic carbocycles. The highest BCUT2D eigenvalue weighted by Gasteiger charge is 2.10. The molecule has 19 heavy (non-hydrogen) atoms. The van der Waals surface area contributed by atoms with E-state index in [1.807, 2.05) is 36.4 Å². The Morgan fingerprint density at radius 3 is 2.21 bits per heavy atom. The van der Waals surface area contributed by atoms with E-state index >= 15 is 0 Å². The highest BCUT2D eigenvalue weighted by atomic mass is 35.5. The van der Waals surface area contributed by atoms with Crippen LogP contribution in [0.1, 0.15) is 17.0 Å². The summed E-state index contributed by atoms with van der Waals surface area (Å²) < 4.78 is 5.16. The number of benzene rings is 2. The Labute approximate surface area is 119 Å². The average Bonchev–Trinajstić information content (AvgIpc) is 2.46. The maximum absolute atomic E-state index is 5.91. The molecule has 0 saturated carbocycles. The van der Waals surface area contributed by atoms with Gasteiger partial charge in [0.15, 0.2) is 0 Å². The fourth-order valence-corrected chi connectivity index (χ4v) is 2.24. The highest BCUT2D eigenvalue weighted by Crippen LogP contribution is 2.23. The molecule has 1 atom stereocenters. The van der Waals surface area contributed by atoms with Crippen LogP contribution < -0.4 is 10.5 Å². The summed E-state index contributed by atoms with van der Waals surface area (Å²) in [5.41, 5.74) is 8.37. The van der Waals surface area contributed by atoms with E-state index < -0.39 is 0 Å². The van der Waals surface area contributed by atoms with Crippen LogP contribution in [0.5, 0.6) is 5.75 Å². The molecular weight excluding hydrogens is 258 g/mol. The average molecular weight is 276 g/mol. The first-order valence-corrected chi connectivity index (χ1v) is 6.69. The zero-order valence-corrected chi connectivity index (χ0v) is 11.7. The van der Waals surface area contributed by atoms with Crippen molar-refractivity contribution in [2.24, 2.45) is 5.73 Å². The van der Waals surface area contributed by atoms with Crippen LogP contribution in [0.4, 0.5) is 0 Å². The molecule has 0 bridgehead atoms. The van der Waals surface area contributed by atoms with Crippen LogP contribution in [0.15, 0.2) is 48.5 Å². The van der Waals surface area contributed by atoms with Gasteiger partial charge in [0.1, 0.15) is 5.75 Å². The molecule has 3 heteroatoms. The van der Waals surface area contributed by atoms with Crippen molar-refractivity contribution in [2.75, 3.05) is 13.7 Å². The lowest BCUT2D eigenvalue weighted by Gasteiger charge is -2.15. The Morgan fingerprint density at radius 1 is 1.05 bits per heavy atom. The standard InChI is InChI=1S/C16H18ClNO/c1-19-16-8-2-12(3-9-16)10-14(11-18)13-4-6-15(17)7-5-13/h2-9,14H,10-11,18H2,1H3. The van der Waals surface area contributed by atoms with Crippen molar-refractivity contribution in [1.29, 1.82) is 0 Å². The van der Waals surface area contributed by atoms with E-state index in [1.54, 1.807) is 7.11 Å². The third-order valence-corrected chi connectivity index (χ3v) is 3.52. The van der Waals surface area contributed by atoms with Crippen LogP contribution in [0.3, 0.4) is 0 Å². The summed E-state index contributed by atoms with van der Waals surface area (Å²) in [4.78, 5) is 0. The number of nitrogens with two attached hydrogens (primary N) is 1. The van der Waals surface area contributed by atoms with Crippen LogP contribution in [-0.2, 0) is 6.42 Å². The molecule has 100 valence electrons. The van der Waals surface area contributed by atoms with Crippen LogP contribution in [0.25, 0.3) is 0 Å². The first kappa shape index (κ1) is 13.9. The first-order chi connectivity index (χ1) is 9.22. The predicted octanol–water partition coefficient (Wildman–Crippen LogP) is 3.63. The van der Waals surface area contributed by atoms with Crippen molar-refractivity contribution < 1.29 is 4.74 Å². The van der Waals surface area contributed by atoms with E-state index in [0.29, 0.717) is 12.5 Å². The molecule has 0 radical (unpaired) electrons. The van der Waals surface area contributed by atoms with Gasteiger partial charge in [0.25, 0.3) is 0 Å². The summed E-state index contributed by atoms with van der Waals surface area (Å²) in [5.74, 6) is 1.19. The lowest BCUT2D eigenvalue weighted by molar-refractivity contribution is 0.414. The first-order valence-electron chi connectivity index (χ1n) is 6.31. The molecule has 0 spiro atoms. The summed E-state index contributed by atoms with van der Waals surface area (Å²) in [6, 6.07) is 16.0. The molecule has 0 aliphatic heterocycles. The molecule has 2 N–H and O–H groups in total. The third kappa shape index (κ3) is 3.72. The Kier molecular flexibility index (Phi) is 4.83. The second-order valence-corrected chi connectivity index (χ2v) is 4.97. The van der Waals surface area contributed by atoms with Crippen LogP contribution in [0.2, 0.25) is 5.02 Å². The molecule has 2 aromatic rings. The lowest BCUT2D eigenvalue weighted by Crippen LogP contribution is -2.15. The minimum Gasteiger partial charge on any atom is -0.497 e. The van der Waals surface area contributed by atoms with E-state index in [9.17, 15) is 0 Å². The molecule has 0 saturated heterocycles. The number of rotatable bonds is 5. The summed E-state index contributed by atoms with van der Waals surface area (Å²) in [7, 11) is 1.67. The minimum absolute atomic E-state index is 0.311. The van der Waals surface area contributed by atoms with Crippen molar-refractivity contribution in [1.82, 2.24) is 0 Å². The van der Waals surface area contributed by atoms with Crippen LogP contribution in [-0.4, -0.2) is 13.7 Å². The van der Waals surface area contributed by atoms with Crippen molar-refractivity contribution >= 4 is 11.6 Å². The highest BCUT2D eigenvalue weighted by molar-refractivity contribution is 6.30. The van der Waals surface area contributed by atoms with Crippen molar-refractivity contribution in [2.45, 2.75) is 12.3 Å². The predicted molar refractivity (Wildman–Crippen MR) is 79.9 cm³/mol. The molecule has 0 aliphatic carbocycles. The van der Waals surface area contributed by atoms with Gasteiger partial charge in [0.2, 0.25) is 0 Å². The zero-order chi connectivity index (χ0) is 13.7. The molecule has 2 nitrogen and oxygen atoms in total. The van der Waals surface area contributed by atoms with Gasteiger partial charge < -0.3 is 10.5 Å².